The number of nitrogens with zero attached hydrogens (tertiary/aromatic N) is 3. The van der Waals surface area contributed by atoms with Crippen molar-refractivity contribution in [2.24, 2.45) is 0 Å². The Morgan fingerprint density at radius 2 is 1.96 bits per heavy atom. The molecular weight excluding hydrogens is 350 g/mol. The van der Waals surface area contributed by atoms with Gasteiger partial charge < -0.3 is 9.90 Å². The van der Waals surface area contributed by atoms with Crippen LogP contribution in [0.5, 0.6) is 0 Å². The van der Waals surface area contributed by atoms with E-state index < -0.39 is 29.2 Å². The molecular formula is C14H6F4N3O2S-. The third-order valence-corrected chi connectivity index (χ3v) is 3.90. The first-order chi connectivity index (χ1) is 11.3. The molecule has 2 aromatic heterocycles. The molecule has 2 heterocycles. The molecule has 5 nitrogen and oxygen atoms in total. The van der Waals surface area contributed by atoms with E-state index in [1.165, 1.54) is 23.6 Å². The number of halogens is 4. The van der Waals surface area contributed by atoms with Crippen LogP contribution in [-0.4, -0.2) is 20.7 Å². The number of benzene rings is 1. The van der Waals surface area contributed by atoms with Gasteiger partial charge in [-0.15, -0.1) is 11.3 Å². The second kappa shape index (κ2) is 5.71. The second-order valence-corrected chi connectivity index (χ2v) is 5.44. The SMILES string of the molecule is O=C([O-])c1cnn(-c2nc(-c3ccccc3F)cs2)c1C(F)(F)F. The van der Waals surface area contributed by atoms with Crippen LogP contribution in [-0.2, 0) is 6.18 Å². The molecule has 1 aromatic carbocycles. The summed E-state index contributed by atoms with van der Waals surface area (Å²) < 4.78 is 53.5. The van der Waals surface area contributed by atoms with Gasteiger partial charge in [0.2, 0.25) is 5.13 Å². The number of carbonyl (C=O) groups is 1. The molecule has 0 saturated heterocycles. The van der Waals surface area contributed by atoms with Crippen molar-refractivity contribution in [3.63, 3.8) is 0 Å². The molecule has 0 radical (unpaired) electrons. The predicted octanol–water partition coefficient (Wildman–Crippen LogP) is 2.52. The summed E-state index contributed by atoms with van der Waals surface area (Å²) in [6.07, 6.45) is -4.43. The van der Waals surface area contributed by atoms with E-state index in [1.54, 1.807) is 6.07 Å². The molecule has 124 valence electrons. The maximum atomic E-state index is 13.7. The summed E-state index contributed by atoms with van der Waals surface area (Å²) in [5.74, 6) is -2.58. The Morgan fingerprint density at radius 1 is 1.25 bits per heavy atom. The average Bonchev–Trinajstić information content (AvgIpc) is 3.13. The Hall–Kier alpha value is -2.75. The van der Waals surface area contributed by atoms with Crippen molar-refractivity contribution >= 4 is 17.3 Å². The lowest BCUT2D eigenvalue weighted by Crippen LogP contribution is -2.26. The van der Waals surface area contributed by atoms with E-state index in [2.05, 4.69) is 10.1 Å². The van der Waals surface area contributed by atoms with Gasteiger partial charge in [0.15, 0.2) is 5.69 Å². The summed E-state index contributed by atoms with van der Waals surface area (Å²) in [7, 11) is 0. The molecule has 0 N–H and O–H groups in total. The standard InChI is InChI=1S/C14H7F4N3O2S/c15-9-4-2-1-3-7(9)10-6-24-13(20-10)21-11(14(16,17)18)8(5-19-21)12(22)23/h1-6H,(H,22,23)/p-1. The van der Waals surface area contributed by atoms with Crippen molar-refractivity contribution in [3.05, 3.63) is 52.9 Å². The topological polar surface area (TPSA) is 70.8 Å². The van der Waals surface area contributed by atoms with Crippen molar-refractivity contribution in [2.75, 3.05) is 0 Å². The summed E-state index contributed by atoms with van der Waals surface area (Å²) in [4.78, 5) is 14.8. The summed E-state index contributed by atoms with van der Waals surface area (Å²) in [6.45, 7) is 0. The number of rotatable bonds is 3. The first kappa shape index (κ1) is 16.1. The highest BCUT2D eigenvalue weighted by Gasteiger charge is 2.39. The number of thiazole rings is 1. The monoisotopic (exact) mass is 356 g/mol. The number of alkyl halides is 3. The highest BCUT2D eigenvalue weighted by atomic mass is 32.1. The van der Waals surface area contributed by atoms with Gasteiger partial charge in [0, 0.05) is 16.5 Å². The Balaban J connectivity index is 2.12. The number of hydrogen-bond acceptors (Lipinski definition) is 5. The van der Waals surface area contributed by atoms with Gasteiger partial charge in [0.05, 0.1) is 17.9 Å². The van der Waals surface area contributed by atoms with E-state index in [0.29, 0.717) is 10.9 Å². The minimum absolute atomic E-state index is 0.112. The van der Waals surface area contributed by atoms with Gasteiger partial charge in [-0.05, 0) is 12.1 Å². The molecule has 3 aromatic rings. The van der Waals surface area contributed by atoms with Crippen LogP contribution < -0.4 is 5.11 Å². The van der Waals surface area contributed by atoms with Gasteiger partial charge in [0.25, 0.3) is 0 Å². The van der Waals surface area contributed by atoms with Crippen LogP contribution in [0.15, 0.2) is 35.8 Å². The van der Waals surface area contributed by atoms with Crippen molar-refractivity contribution in [1.82, 2.24) is 14.8 Å². The van der Waals surface area contributed by atoms with E-state index in [-0.39, 0.29) is 16.4 Å². The van der Waals surface area contributed by atoms with Crippen LogP contribution in [0.25, 0.3) is 16.4 Å². The summed E-state index contributed by atoms with van der Waals surface area (Å²) in [5.41, 5.74) is -2.37. The van der Waals surface area contributed by atoms with Gasteiger partial charge in [-0.25, -0.2) is 14.1 Å². The lowest BCUT2D eigenvalue weighted by Gasteiger charge is -2.11. The quantitative estimate of drug-likeness (QED) is 0.676. The first-order valence-corrected chi connectivity index (χ1v) is 7.24. The van der Waals surface area contributed by atoms with Crippen molar-refractivity contribution in [2.45, 2.75) is 6.18 Å². The predicted molar refractivity (Wildman–Crippen MR) is 74.0 cm³/mol. The van der Waals surface area contributed by atoms with Crippen molar-refractivity contribution in [3.8, 4) is 16.4 Å². The van der Waals surface area contributed by atoms with Crippen LogP contribution >= 0.6 is 11.3 Å². The fourth-order valence-corrected chi connectivity index (χ4v) is 2.86. The molecule has 0 bridgehead atoms. The van der Waals surface area contributed by atoms with Crippen molar-refractivity contribution < 1.29 is 27.5 Å². The number of hydrogen-bond donors (Lipinski definition) is 0. The number of carboxylic acid groups (broad SMARTS) is 1. The lowest BCUT2D eigenvalue weighted by molar-refractivity contribution is -0.255. The Labute approximate surface area is 135 Å². The Morgan fingerprint density at radius 3 is 2.58 bits per heavy atom. The molecule has 0 saturated carbocycles. The number of aromatic nitrogens is 3. The average molecular weight is 356 g/mol. The smallest absolute Gasteiger partial charge is 0.434 e. The number of carbonyl (C=O) groups excluding carboxylic acids is 1. The molecule has 0 spiro atoms. The van der Waals surface area contributed by atoms with Gasteiger partial charge >= 0.3 is 6.18 Å². The largest absolute Gasteiger partial charge is 0.545 e. The molecule has 0 aliphatic heterocycles. The molecule has 0 aliphatic rings. The van der Waals surface area contributed by atoms with Gasteiger partial charge in [-0.1, -0.05) is 12.1 Å². The van der Waals surface area contributed by atoms with Crippen LogP contribution in [0, 0.1) is 5.82 Å². The highest BCUT2D eigenvalue weighted by Crippen LogP contribution is 2.35. The fourth-order valence-electron chi connectivity index (χ4n) is 2.07. The van der Waals surface area contributed by atoms with Crippen LogP contribution in [0.1, 0.15) is 16.1 Å². The van der Waals surface area contributed by atoms with Gasteiger partial charge in [0.1, 0.15) is 5.82 Å². The molecule has 0 atom stereocenters. The minimum Gasteiger partial charge on any atom is -0.545 e. The van der Waals surface area contributed by atoms with Gasteiger partial charge in [-0.3, -0.25) is 0 Å². The molecule has 0 unspecified atom stereocenters. The highest BCUT2D eigenvalue weighted by molar-refractivity contribution is 7.12. The van der Waals surface area contributed by atoms with E-state index in [9.17, 15) is 27.5 Å². The van der Waals surface area contributed by atoms with Crippen molar-refractivity contribution in [1.29, 1.82) is 0 Å². The fraction of sp³-hybridized carbons (Fsp3) is 0.0714. The number of carboxylic acids is 1. The zero-order valence-corrected chi connectivity index (χ0v) is 12.4. The van der Waals surface area contributed by atoms with Crippen LogP contribution in [0.2, 0.25) is 0 Å². The summed E-state index contributed by atoms with van der Waals surface area (Å²) >= 11 is 0.771. The number of aromatic carboxylic acids is 1. The first-order valence-electron chi connectivity index (χ1n) is 6.36. The molecule has 0 aliphatic carbocycles. The minimum atomic E-state index is -4.98. The maximum absolute atomic E-state index is 13.7. The molecule has 3 rings (SSSR count). The van der Waals surface area contributed by atoms with E-state index in [0.717, 1.165) is 11.3 Å². The third-order valence-electron chi connectivity index (χ3n) is 3.08. The Bertz CT molecular complexity index is 917. The Kier molecular flexibility index (Phi) is 3.84. The van der Waals surface area contributed by atoms with Gasteiger partial charge in [-0.2, -0.15) is 18.3 Å². The van der Waals surface area contributed by atoms with Crippen LogP contribution in [0.3, 0.4) is 0 Å². The zero-order valence-electron chi connectivity index (χ0n) is 11.5. The molecule has 10 heteroatoms. The van der Waals surface area contributed by atoms with E-state index in [4.69, 9.17) is 0 Å². The normalized spacial score (nSPS) is 11.7. The zero-order chi connectivity index (χ0) is 17.5. The van der Waals surface area contributed by atoms with E-state index in [1.807, 2.05) is 0 Å². The second-order valence-electron chi connectivity index (χ2n) is 4.60. The molecule has 0 fully saturated rings. The van der Waals surface area contributed by atoms with Crippen LogP contribution in [0.4, 0.5) is 17.6 Å². The van der Waals surface area contributed by atoms with E-state index >= 15 is 0 Å². The summed E-state index contributed by atoms with van der Waals surface area (Å²) in [5, 5.41) is 15.4. The third kappa shape index (κ3) is 2.75. The maximum Gasteiger partial charge on any atom is 0.434 e. The molecule has 0 amide bonds. The lowest BCUT2D eigenvalue weighted by atomic mass is 10.2. The molecule has 24 heavy (non-hydrogen) atoms. The summed E-state index contributed by atoms with van der Waals surface area (Å²) in [6, 6.07) is 5.64.